The molecule has 0 aromatic rings. The molecule has 528 valence electrons. The van der Waals surface area contributed by atoms with Crippen LogP contribution in [0.1, 0.15) is 344 Å². The Morgan fingerprint density at radius 2 is 0.539 bits per heavy atom. The largest absolute Gasteiger partial charge is 0.472 e. The summed E-state index contributed by atoms with van der Waals surface area (Å²) in [6.07, 6.45) is 41.6. The Hall–Kier alpha value is -1.94. The average molecular weight is 1310 g/mol. The third kappa shape index (κ3) is 62.0. The molecule has 0 radical (unpaired) electrons. The number of ether oxygens (including phenoxy) is 4. The molecule has 0 rings (SSSR count). The van der Waals surface area contributed by atoms with Crippen molar-refractivity contribution in [1.29, 1.82) is 0 Å². The molecule has 0 fully saturated rings. The van der Waals surface area contributed by atoms with Gasteiger partial charge in [-0.25, -0.2) is 9.13 Å². The van der Waals surface area contributed by atoms with E-state index in [2.05, 4.69) is 55.4 Å². The third-order valence-electron chi connectivity index (χ3n) is 16.8. The fourth-order valence-corrected chi connectivity index (χ4v) is 12.0. The summed E-state index contributed by atoms with van der Waals surface area (Å²) in [5.74, 6) is 0.894. The number of carbonyl (C=O) groups excluding carboxylic acids is 4. The highest BCUT2D eigenvalue weighted by Crippen LogP contribution is 2.45. The summed E-state index contributed by atoms with van der Waals surface area (Å²) in [6, 6.07) is 0. The Balaban J connectivity index is 5.26. The van der Waals surface area contributed by atoms with Crippen LogP contribution in [0.4, 0.5) is 0 Å². The van der Waals surface area contributed by atoms with Crippen LogP contribution in [0.2, 0.25) is 0 Å². The van der Waals surface area contributed by atoms with E-state index in [1.165, 1.54) is 141 Å². The molecule has 0 aliphatic rings. The lowest BCUT2D eigenvalue weighted by atomic mass is 9.99. The maximum atomic E-state index is 13.0. The Kier molecular flexibility index (Phi) is 58.5. The van der Waals surface area contributed by atoms with Crippen LogP contribution >= 0.6 is 15.6 Å². The van der Waals surface area contributed by atoms with Gasteiger partial charge in [-0.3, -0.25) is 37.3 Å². The van der Waals surface area contributed by atoms with Gasteiger partial charge in [-0.15, -0.1) is 0 Å². The van der Waals surface area contributed by atoms with Crippen LogP contribution in [0, 0.1) is 23.7 Å². The molecular formula is C70H136O17P2. The van der Waals surface area contributed by atoms with Crippen molar-refractivity contribution in [1.82, 2.24) is 0 Å². The monoisotopic (exact) mass is 1310 g/mol. The van der Waals surface area contributed by atoms with E-state index in [-0.39, 0.29) is 25.7 Å². The highest BCUT2D eigenvalue weighted by atomic mass is 31.2. The maximum absolute atomic E-state index is 13.0. The van der Waals surface area contributed by atoms with E-state index in [1.807, 2.05) is 0 Å². The molecule has 0 saturated heterocycles. The van der Waals surface area contributed by atoms with Gasteiger partial charge in [0.25, 0.3) is 0 Å². The molecule has 7 atom stereocenters. The van der Waals surface area contributed by atoms with Gasteiger partial charge in [-0.05, 0) is 49.4 Å². The molecule has 0 heterocycles. The Morgan fingerprint density at radius 1 is 0.315 bits per heavy atom. The maximum Gasteiger partial charge on any atom is 0.472 e. The second-order valence-electron chi connectivity index (χ2n) is 26.7. The van der Waals surface area contributed by atoms with Crippen LogP contribution < -0.4 is 0 Å². The smallest absolute Gasteiger partial charge is 0.462 e. The van der Waals surface area contributed by atoms with Gasteiger partial charge in [0.05, 0.1) is 26.4 Å². The van der Waals surface area contributed by atoms with E-state index in [9.17, 15) is 43.2 Å². The zero-order chi connectivity index (χ0) is 66.1. The summed E-state index contributed by atoms with van der Waals surface area (Å²) < 4.78 is 68.3. The molecule has 0 spiro atoms. The molecule has 0 amide bonds. The van der Waals surface area contributed by atoms with Crippen LogP contribution in [0.25, 0.3) is 0 Å². The average Bonchev–Trinajstić information content (AvgIpc) is 3.71. The van der Waals surface area contributed by atoms with Crippen molar-refractivity contribution in [3.05, 3.63) is 0 Å². The summed E-state index contributed by atoms with van der Waals surface area (Å²) in [6.45, 7) is 14.1. The zero-order valence-electron chi connectivity index (χ0n) is 58.1. The number of carbonyl (C=O) groups is 4. The van der Waals surface area contributed by atoms with Gasteiger partial charge in [0.1, 0.15) is 19.3 Å². The number of hydrogen-bond acceptors (Lipinski definition) is 15. The number of unbranched alkanes of at least 4 members (excludes halogenated alkanes) is 31. The molecule has 0 aromatic carbocycles. The molecule has 19 heteroatoms. The van der Waals surface area contributed by atoms with E-state index in [0.29, 0.717) is 31.6 Å². The number of aliphatic hydroxyl groups is 1. The number of aliphatic hydroxyl groups excluding tert-OH is 1. The Morgan fingerprint density at radius 3 is 0.798 bits per heavy atom. The normalized spacial score (nSPS) is 14.9. The highest BCUT2D eigenvalue weighted by molar-refractivity contribution is 7.47. The van der Waals surface area contributed by atoms with Gasteiger partial charge in [0, 0.05) is 25.7 Å². The molecular weight excluding hydrogens is 1170 g/mol. The fourth-order valence-electron chi connectivity index (χ4n) is 10.4. The second kappa shape index (κ2) is 59.8. The van der Waals surface area contributed by atoms with Gasteiger partial charge in [0.2, 0.25) is 0 Å². The summed E-state index contributed by atoms with van der Waals surface area (Å²) in [7, 11) is -9.90. The van der Waals surface area contributed by atoms with Gasteiger partial charge in [-0.1, -0.05) is 293 Å². The quantitative estimate of drug-likeness (QED) is 0.0222. The van der Waals surface area contributed by atoms with Crippen molar-refractivity contribution in [2.24, 2.45) is 23.7 Å². The summed E-state index contributed by atoms with van der Waals surface area (Å²) >= 11 is 0. The molecule has 0 aliphatic heterocycles. The minimum atomic E-state index is -4.95. The topological polar surface area (TPSA) is 237 Å². The first kappa shape index (κ1) is 87.1. The molecule has 0 aromatic heterocycles. The first-order valence-electron chi connectivity index (χ1n) is 36.3. The van der Waals surface area contributed by atoms with Crippen molar-refractivity contribution in [2.75, 3.05) is 39.6 Å². The molecule has 0 saturated carbocycles. The number of rotatable bonds is 67. The molecule has 5 unspecified atom stereocenters. The molecule has 3 N–H and O–H groups in total. The summed E-state index contributed by atoms with van der Waals surface area (Å²) in [4.78, 5) is 72.5. The number of phosphoric acid groups is 2. The predicted octanol–water partition coefficient (Wildman–Crippen LogP) is 19.7. The van der Waals surface area contributed by atoms with Crippen molar-refractivity contribution in [3.63, 3.8) is 0 Å². The lowest BCUT2D eigenvalue weighted by Gasteiger charge is -2.21. The van der Waals surface area contributed by atoms with E-state index in [4.69, 9.17) is 37.0 Å². The second-order valence-corrected chi connectivity index (χ2v) is 29.6. The van der Waals surface area contributed by atoms with E-state index in [1.54, 1.807) is 0 Å². The fraction of sp³-hybridized carbons (Fsp3) is 0.943. The minimum Gasteiger partial charge on any atom is -0.462 e. The molecule has 0 bridgehead atoms. The molecule has 0 aliphatic carbocycles. The number of phosphoric ester groups is 2. The Bertz CT molecular complexity index is 1770. The number of hydrogen-bond donors (Lipinski definition) is 3. The standard InChI is InChI=1S/C70H136O17P2/c1-9-62(7)48-40-32-24-17-19-27-36-44-52-69(74)86-65(56-80-67(72)50-42-34-26-16-14-12-11-13-15-22-30-38-46-60(3)4)58-84-88(76,77)82-54-64(71)55-83-89(78,79)85-59-66(57-81-68(73)51-43-35-29-21-23-31-39-47-61(5)6)87-70(75)53-45-37-28-20-18-25-33-41-49-63(8)10-2/h60-66,71H,9-59H2,1-8H3,(H,76,77)(H,78,79)/t62?,63?,64?,65-,66-/m1/s1. The minimum absolute atomic E-state index is 0.104. The lowest BCUT2D eigenvalue weighted by Crippen LogP contribution is -2.30. The Labute approximate surface area is 543 Å². The van der Waals surface area contributed by atoms with Crippen LogP contribution in [0.3, 0.4) is 0 Å². The van der Waals surface area contributed by atoms with Crippen LogP contribution in [0.5, 0.6) is 0 Å². The van der Waals surface area contributed by atoms with Crippen LogP contribution in [-0.4, -0.2) is 96.7 Å². The first-order valence-corrected chi connectivity index (χ1v) is 39.3. The van der Waals surface area contributed by atoms with Gasteiger partial charge in [0.15, 0.2) is 12.2 Å². The van der Waals surface area contributed by atoms with E-state index < -0.39 is 97.5 Å². The SMILES string of the molecule is CCC(C)CCCCCCCCCCC(=O)O[C@H](COC(=O)CCCCCCCCCCCCCCC(C)C)COP(=O)(O)OCC(O)COP(=O)(O)OC[C@@H](COC(=O)CCCCCCCCCC(C)C)OC(=O)CCCCCCCCCCC(C)CC. The van der Waals surface area contributed by atoms with Gasteiger partial charge in [-0.2, -0.15) is 0 Å². The summed E-state index contributed by atoms with van der Waals surface area (Å²) in [5, 5.41) is 10.6. The number of esters is 4. The summed E-state index contributed by atoms with van der Waals surface area (Å²) in [5.41, 5.74) is 0. The molecule has 89 heavy (non-hydrogen) atoms. The lowest BCUT2D eigenvalue weighted by molar-refractivity contribution is -0.161. The third-order valence-corrected chi connectivity index (χ3v) is 18.7. The highest BCUT2D eigenvalue weighted by Gasteiger charge is 2.30. The zero-order valence-corrected chi connectivity index (χ0v) is 59.8. The van der Waals surface area contributed by atoms with Gasteiger partial charge < -0.3 is 33.8 Å². The van der Waals surface area contributed by atoms with Crippen molar-refractivity contribution in [2.45, 2.75) is 363 Å². The van der Waals surface area contributed by atoms with Crippen LogP contribution in [-0.2, 0) is 65.4 Å². The van der Waals surface area contributed by atoms with Crippen molar-refractivity contribution in [3.8, 4) is 0 Å². The molecule has 17 nitrogen and oxygen atoms in total. The van der Waals surface area contributed by atoms with Crippen LogP contribution in [0.15, 0.2) is 0 Å². The van der Waals surface area contributed by atoms with Crippen molar-refractivity contribution < 1.29 is 80.2 Å². The van der Waals surface area contributed by atoms with E-state index in [0.717, 1.165) is 114 Å². The van der Waals surface area contributed by atoms with Crippen molar-refractivity contribution >= 4 is 39.5 Å². The van der Waals surface area contributed by atoms with E-state index >= 15 is 0 Å². The first-order chi connectivity index (χ1) is 42.7. The van der Waals surface area contributed by atoms with Gasteiger partial charge >= 0.3 is 39.5 Å². The predicted molar refractivity (Wildman–Crippen MR) is 358 cm³/mol.